The molecule has 40 heavy (non-hydrogen) atoms. The molecule has 1 atom stereocenters. The Morgan fingerprint density at radius 3 is 2.02 bits per heavy atom. The summed E-state index contributed by atoms with van der Waals surface area (Å²) in [4.78, 5) is 23.6. The van der Waals surface area contributed by atoms with Gasteiger partial charge in [-0.15, -0.1) is 0 Å². The highest BCUT2D eigenvalue weighted by Crippen LogP contribution is 2.24. The standard InChI is InChI=1S/C32H32O8/c1-22(2)31(35)38-20-4-19-37-27-14-16-28(17-15-27)39-30(34)18-7-24-5-8-25(9-6-24)26-10-12-29(13-11-26)40-32(36)23(3)21-33/h5-18,32-33,36H,1,3-4,19-21H2,2H3/b18-7+. The van der Waals surface area contributed by atoms with Crippen molar-refractivity contribution in [1.82, 2.24) is 0 Å². The molecule has 0 amide bonds. The van der Waals surface area contributed by atoms with E-state index >= 15 is 0 Å². The van der Waals surface area contributed by atoms with Gasteiger partial charge in [-0.05, 0) is 66.1 Å². The van der Waals surface area contributed by atoms with Gasteiger partial charge < -0.3 is 29.2 Å². The average molecular weight is 545 g/mol. The van der Waals surface area contributed by atoms with Gasteiger partial charge in [0.1, 0.15) is 17.2 Å². The van der Waals surface area contributed by atoms with E-state index in [1.165, 1.54) is 6.08 Å². The van der Waals surface area contributed by atoms with Gasteiger partial charge in [-0.25, -0.2) is 9.59 Å². The van der Waals surface area contributed by atoms with Gasteiger partial charge in [0.15, 0.2) is 0 Å². The second-order valence-corrected chi connectivity index (χ2v) is 8.78. The maximum Gasteiger partial charge on any atom is 0.336 e. The number of carbonyl (C=O) groups excluding carboxylic acids is 2. The van der Waals surface area contributed by atoms with Crippen molar-refractivity contribution in [2.45, 2.75) is 19.6 Å². The molecule has 0 saturated heterocycles. The molecule has 0 aliphatic carbocycles. The van der Waals surface area contributed by atoms with Crippen LogP contribution in [0.15, 0.2) is 103 Å². The van der Waals surface area contributed by atoms with Crippen molar-refractivity contribution in [3.63, 3.8) is 0 Å². The van der Waals surface area contributed by atoms with E-state index in [1.807, 2.05) is 36.4 Å². The minimum atomic E-state index is -1.27. The quantitative estimate of drug-likeness (QED) is 0.0720. The zero-order valence-electron chi connectivity index (χ0n) is 22.2. The van der Waals surface area contributed by atoms with E-state index in [1.54, 1.807) is 49.4 Å². The van der Waals surface area contributed by atoms with Crippen molar-refractivity contribution in [2.24, 2.45) is 0 Å². The third-order valence-electron chi connectivity index (χ3n) is 5.49. The number of hydrogen-bond donors (Lipinski definition) is 2. The van der Waals surface area contributed by atoms with Crippen LogP contribution in [0.2, 0.25) is 0 Å². The van der Waals surface area contributed by atoms with Gasteiger partial charge in [0, 0.05) is 23.6 Å². The summed E-state index contributed by atoms with van der Waals surface area (Å²) < 4.78 is 21.3. The summed E-state index contributed by atoms with van der Waals surface area (Å²) in [6.07, 6.45) is 2.28. The second kappa shape index (κ2) is 15.1. The lowest BCUT2D eigenvalue weighted by Crippen LogP contribution is -2.19. The molecule has 0 spiro atoms. The average Bonchev–Trinajstić information content (AvgIpc) is 2.96. The van der Waals surface area contributed by atoms with Crippen LogP contribution in [0.4, 0.5) is 0 Å². The van der Waals surface area contributed by atoms with Crippen molar-refractivity contribution in [3.8, 4) is 28.4 Å². The van der Waals surface area contributed by atoms with Crippen LogP contribution in [0.1, 0.15) is 18.9 Å². The summed E-state index contributed by atoms with van der Waals surface area (Å²) in [5, 5.41) is 18.8. The number of rotatable bonds is 14. The summed E-state index contributed by atoms with van der Waals surface area (Å²) in [6.45, 7) is 8.91. The fraction of sp³-hybridized carbons (Fsp3) is 0.188. The highest BCUT2D eigenvalue weighted by Gasteiger charge is 2.10. The molecule has 1 unspecified atom stereocenters. The Hall–Kier alpha value is -4.66. The van der Waals surface area contributed by atoms with Crippen molar-refractivity contribution in [3.05, 3.63) is 109 Å². The number of aliphatic hydroxyl groups excluding tert-OH is 2. The molecule has 0 fully saturated rings. The smallest absolute Gasteiger partial charge is 0.336 e. The fourth-order valence-corrected chi connectivity index (χ4v) is 3.26. The summed E-state index contributed by atoms with van der Waals surface area (Å²) in [7, 11) is 0. The zero-order valence-corrected chi connectivity index (χ0v) is 22.2. The molecular weight excluding hydrogens is 512 g/mol. The predicted octanol–water partition coefficient (Wildman–Crippen LogP) is 5.11. The van der Waals surface area contributed by atoms with Crippen LogP contribution in [0.25, 0.3) is 17.2 Å². The van der Waals surface area contributed by atoms with Gasteiger partial charge in [0.05, 0.1) is 19.8 Å². The first-order chi connectivity index (χ1) is 19.2. The van der Waals surface area contributed by atoms with Crippen LogP contribution in [-0.2, 0) is 14.3 Å². The van der Waals surface area contributed by atoms with Gasteiger partial charge in [-0.2, -0.15) is 0 Å². The Morgan fingerprint density at radius 1 is 0.850 bits per heavy atom. The van der Waals surface area contributed by atoms with E-state index in [2.05, 4.69) is 13.2 Å². The predicted molar refractivity (Wildman–Crippen MR) is 152 cm³/mol. The molecule has 0 bridgehead atoms. The largest absolute Gasteiger partial charge is 0.493 e. The van der Waals surface area contributed by atoms with Gasteiger partial charge >= 0.3 is 11.9 Å². The van der Waals surface area contributed by atoms with E-state index in [0.29, 0.717) is 35.8 Å². The molecular formula is C32H32O8. The summed E-state index contributed by atoms with van der Waals surface area (Å²) in [5.41, 5.74) is 3.25. The number of aliphatic hydroxyl groups is 2. The Kier molecular flexibility index (Phi) is 11.3. The SMILES string of the molecule is C=C(C)C(=O)OCCCOc1ccc(OC(=O)/C=C/c2ccc(-c3ccc(OC(O)C(=C)CO)cc3)cc2)cc1. The molecule has 0 saturated carbocycles. The van der Waals surface area contributed by atoms with Gasteiger partial charge in [-0.3, -0.25) is 0 Å². The summed E-state index contributed by atoms with van der Waals surface area (Å²) >= 11 is 0. The van der Waals surface area contributed by atoms with Gasteiger partial charge in [0.2, 0.25) is 6.29 Å². The van der Waals surface area contributed by atoms with Gasteiger partial charge in [-0.1, -0.05) is 49.6 Å². The van der Waals surface area contributed by atoms with Gasteiger partial charge in [0.25, 0.3) is 0 Å². The number of ether oxygens (including phenoxy) is 4. The molecule has 208 valence electrons. The third-order valence-corrected chi connectivity index (χ3v) is 5.49. The molecule has 0 aromatic heterocycles. The number of esters is 2. The van der Waals surface area contributed by atoms with Crippen molar-refractivity contribution in [1.29, 1.82) is 0 Å². The number of benzene rings is 3. The van der Waals surface area contributed by atoms with Crippen LogP contribution >= 0.6 is 0 Å². The Labute approximate surface area is 233 Å². The molecule has 8 heteroatoms. The lowest BCUT2D eigenvalue weighted by molar-refractivity contribution is -0.139. The van der Waals surface area contributed by atoms with Crippen molar-refractivity contribution < 1.29 is 38.7 Å². The van der Waals surface area contributed by atoms with E-state index in [0.717, 1.165) is 16.7 Å². The summed E-state index contributed by atoms with van der Waals surface area (Å²) in [5.74, 6) is 0.502. The second-order valence-electron chi connectivity index (χ2n) is 8.78. The lowest BCUT2D eigenvalue weighted by Gasteiger charge is -2.14. The van der Waals surface area contributed by atoms with Crippen LogP contribution in [0, 0.1) is 0 Å². The van der Waals surface area contributed by atoms with Crippen molar-refractivity contribution >= 4 is 18.0 Å². The maximum absolute atomic E-state index is 12.2. The van der Waals surface area contributed by atoms with E-state index in [9.17, 15) is 14.7 Å². The molecule has 3 aromatic rings. The first-order valence-electron chi connectivity index (χ1n) is 12.5. The molecule has 3 rings (SSSR count). The highest BCUT2D eigenvalue weighted by atomic mass is 16.6. The monoisotopic (exact) mass is 544 g/mol. The highest BCUT2D eigenvalue weighted by molar-refractivity contribution is 5.89. The Balaban J connectivity index is 1.44. The number of hydrogen-bond acceptors (Lipinski definition) is 8. The van der Waals surface area contributed by atoms with E-state index < -0.39 is 18.2 Å². The van der Waals surface area contributed by atoms with E-state index in [4.69, 9.17) is 24.1 Å². The van der Waals surface area contributed by atoms with Crippen LogP contribution in [0.5, 0.6) is 17.2 Å². The van der Waals surface area contributed by atoms with Crippen LogP contribution < -0.4 is 14.2 Å². The fourth-order valence-electron chi connectivity index (χ4n) is 3.26. The molecule has 8 nitrogen and oxygen atoms in total. The first kappa shape index (κ1) is 29.9. The third kappa shape index (κ3) is 9.58. The normalized spacial score (nSPS) is 11.5. The number of carbonyl (C=O) groups is 2. The molecule has 0 aliphatic heterocycles. The lowest BCUT2D eigenvalue weighted by atomic mass is 10.0. The first-order valence-corrected chi connectivity index (χ1v) is 12.5. The molecule has 2 N–H and O–H groups in total. The minimum absolute atomic E-state index is 0.174. The molecule has 3 aromatic carbocycles. The summed E-state index contributed by atoms with van der Waals surface area (Å²) in [6, 6.07) is 21.4. The molecule has 0 radical (unpaired) electrons. The van der Waals surface area contributed by atoms with Crippen LogP contribution in [0.3, 0.4) is 0 Å². The minimum Gasteiger partial charge on any atom is -0.493 e. The topological polar surface area (TPSA) is 112 Å². The van der Waals surface area contributed by atoms with E-state index in [-0.39, 0.29) is 18.8 Å². The van der Waals surface area contributed by atoms with Crippen molar-refractivity contribution in [2.75, 3.05) is 19.8 Å². The maximum atomic E-state index is 12.2. The Morgan fingerprint density at radius 2 is 1.43 bits per heavy atom. The zero-order chi connectivity index (χ0) is 28.9. The molecule has 0 heterocycles. The molecule has 0 aliphatic rings. The Bertz CT molecular complexity index is 1320. The van der Waals surface area contributed by atoms with Crippen LogP contribution in [-0.4, -0.2) is 48.3 Å².